The topological polar surface area (TPSA) is 27.1 Å². The first kappa shape index (κ1) is 13.8. The van der Waals surface area contributed by atoms with Crippen molar-refractivity contribution in [2.45, 2.75) is 11.5 Å². The summed E-state index contributed by atoms with van der Waals surface area (Å²) in [7, 11) is 1.90. The quantitative estimate of drug-likeness (QED) is 0.738. The number of aromatic nitrogens is 2. The molecule has 2 aromatic carbocycles. The first-order chi connectivity index (χ1) is 10.2. The number of benzene rings is 2. The molecule has 106 valence electrons. The highest BCUT2D eigenvalue weighted by atomic mass is 32.1. The normalized spacial score (nSPS) is 10.6. The molecule has 0 amide bonds. The van der Waals surface area contributed by atoms with E-state index in [2.05, 4.69) is 29.9 Å². The summed E-state index contributed by atoms with van der Waals surface area (Å²) in [5, 5.41) is 4.22. The van der Waals surface area contributed by atoms with Crippen LogP contribution in [0.3, 0.4) is 0 Å². The SMILES string of the molecule is Cn1cc(-c2cc(S)ccc2OCc2ccccc2)cn1. The van der Waals surface area contributed by atoms with Gasteiger partial charge in [-0.2, -0.15) is 5.10 Å². The van der Waals surface area contributed by atoms with Gasteiger partial charge in [-0.1, -0.05) is 30.3 Å². The second-order valence-electron chi connectivity index (χ2n) is 4.86. The number of thiol groups is 1. The summed E-state index contributed by atoms with van der Waals surface area (Å²) in [4.78, 5) is 0.904. The van der Waals surface area contributed by atoms with Gasteiger partial charge in [0.1, 0.15) is 12.4 Å². The number of rotatable bonds is 4. The molecule has 0 unspecified atom stereocenters. The fourth-order valence-electron chi connectivity index (χ4n) is 2.17. The van der Waals surface area contributed by atoms with E-state index in [0.717, 1.165) is 27.3 Å². The molecule has 0 aliphatic heterocycles. The zero-order valence-electron chi connectivity index (χ0n) is 11.7. The van der Waals surface area contributed by atoms with Gasteiger partial charge in [0.15, 0.2) is 0 Å². The minimum absolute atomic E-state index is 0.542. The van der Waals surface area contributed by atoms with Gasteiger partial charge >= 0.3 is 0 Å². The van der Waals surface area contributed by atoms with Crippen molar-refractivity contribution in [2.75, 3.05) is 0 Å². The molecule has 0 bridgehead atoms. The zero-order chi connectivity index (χ0) is 14.7. The summed E-state index contributed by atoms with van der Waals surface area (Å²) in [5.41, 5.74) is 3.17. The van der Waals surface area contributed by atoms with Crippen LogP contribution in [0, 0.1) is 0 Å². The van der Waals surface area contributed by atoms with E-state index in [4.69, 9.17) is 4.74 Å². The van der Waals surface area contributed by atoms with Crippen LogP contribution in [-0.4, -0.2) is 9.78 Å². The maximum Gasteiger partial charge on any atom is 0.127 e. The maximum absolute atomic E-state index is 5.97. The van der Waals surface area contributed by atoms with Gasteiger partial charge in [-0.05, 0) is 23.8 Å². The third-order valence-corrected chi connectivity index (χ3v) is 3.49. The van der Waals surface area contributed by atoms with Crippen molar-refractivity contribution >= 4 is 12.6 Å². The Morgan fingerprint density at radius 3 is 2.67 bits per heavy atom. The highest BCUT2D eigenvalue weighted by molar-refractivity contribution is 7.80. The van der Waals surface area contributed by atoms with Crippen LogP contribution in [0.25, 0.3) is 11.1 Å². The minimum atomic E-state index is 0.542. The van der Waals surface area contributed by atoms with Crippen molar-refractivity contribution in [1.29, 1.82) is 0 Å². The average Bonchev–Trinajstić information content (AvgIpc) is 2.93. The monoisotopic (exact) mass is 296 g/mol. The van der Waals surface area contributed by atoms with Crippen LogP contribution in [0.5, 0.6) is 5.75 Å². The van der Waals surface area contributed by atoms with Gasteiger partial charge in [-0.3, -0.25) is 4.68 Å². The zero-order valence-corrected chi connectivity index (χ0v) is 12.6. The summed E-state index contributed by atoms with van der Waals surface area (Å²) in [6, 6.07) is 16.0. The maximum atomic E-state index is 5.97. The number of ether oxygens (including phenoxy) is 1. The van der Waals surface area contributed by atoms with Crippen LogP contribution < -0.4 is 4.74 Å². The van der Waals surface area contributed by atoms with Crippen LogP contribution in [0.2, 0.25) is 0 Å². The lowest BCUT2D eigenvalue weighted by Crippen LogP contribution is -1.96. The second kappa shape index (κ2) is 6.06. The average molecular weight is 296 g/mol. The number of aryl methyl sites for hydroxylation is 1. The van der Waals surface area contributed by atoms with E-state index in [0.29, 0.717) is 6.61 Å². The molecule has 3 rings (SSSR count). The van der Waals surface area contributed by atoms with Gasteiger partial charge in [-0.25, -0.2) is 0 Å². The van der Waals surface area contributed by atoms with Crippen molar-refractivity contribution in [1.82, 2.24) is 9.78 Å². The third kappa shape index (κ3) is 3.28. The van der Waals surface area contributed by atoms with Crippen LogP contribution >= 0.6 is 12.6 Å². The predicted octanol–water partition coefficient (Wildman–Crippen LogP) is 3.95. The van der Waals surface area contributed by atoms with Crippen molar-refractivity contribution in [3.05, 3.63) is 66.5 Å². The van der Waals surface area contributed by atoms with E-state index in [9.17, 15) is 0 Å². The van der Waals surface area contributed by atoms with Gasteiger partial charge in [0.05, 0.1) is 6.20 Å². The van der Waals surface area contributed by atoms with Gasteiger partial charge in [0.25, 0.3) is 0 Å². The molecule has 0 atom stereocenters. The predicted molar refractivity (Wildman–Crippen MR) is 86.7 cm³/mol. The molecule has 1 heterocycles. The summed E-state index contributed by atoms with van der Waals surface area (Å²) in [5.74, 6) is 0.838. The molecule has 0 radical (unpaired) electrons. The van der Waals surface area contributed by atoms with E-state index in [-0.39, 0.29) is 0 Å². The number of nitrogens with zero attached hydrogens (tertiary/aromatic N) is 2. The summed E-state index contributed by atoms with van der Waals surface area (Å²) in [6.45, 7) is 0.542. The lowest BCUT2D eigenvalue weighted by atomic mass is 10.1. The molecule has 0 fully saturated rings. The van der Waals surface area contributed by atoms with Crippen LogP contribution in [0.1, 0.15) is 5.56 Å². The fraction of sp³-hybridized carbons (Fsp3) is 0.118. The Morgan fingerprint density at radius 2 is 1.95 bits per heavy atom. The standard InChI is InChI=1S/C17H16N2OS/c1-19-11-14(10-18-19)16-9-15(21)7-8-17(16)20-12-13-5-3-2-4-6-13/h2-11,21H,12H2,1H3. The van der Waals surface area contributed by atoms with Gasteiger partial charge in [0.2, 0.25) is 0 Å². The summed E-state index contributed by atoms with van der Waals surface area (Å²) >= 11 is 4.41. The van der Waals surface area contributed by atoms with E-state index < -0.39 is 0 Å². The molecule has 0 spiro atoms. The molecule has 21 heavy (non-hydrogen) atoms. The van der Waals surface area contributed by atoms with Gasteiger partial charge in [-0.15, -0.1) is 12.6 Å². The number of hydrogen-bond donors (Lipinski definition) is 1. The van der Waals surface area contributed by atoms with E-state index in [1.165, 1.54) is 0 Å². The van der Waals surface area contributed by atoms with Crippen molar-refractivity contribution in [2.24, 2.45) is 7.05 Å². The highest BCUT2D eigenvalue weighted by Gasteiger charge is 2.09. The Kier molecular flexibility index (Phi) is 3.97. The molecule has 3 aromatic rings. The molecule has 0 saturated carbocycles. The van der Waals surface area contributed by atoms with E-state index in [1.54, 1.807) is 4.68 Å². The fourth-order valence-corrected chi connectivity index (χ4v) is 2.37. The molecule has 4 heteroatoms. The van der Waals surface area contributed by atoms with Crippen LogP contribution in [-0.2, 0) is 13.7 Å². The molecule has 1 aromatic heterocycles. The Hall–Kier alpha value is -2.20. The van der Waals surface area contributed by atoms with Crippen molar-refractivity contribution in [3.63, 3.8) is 0 Å². The van der Waals surface area contributed by atoms with Crippen molar-refractivity contribution < 1.29 is 4.74 Å². The molecule has 0 N–H and O–H groups in total. The molecule has 0 aliphatic carbocycles. The summed E-state index contributed by atoms with van der Waals surface area (Å²) in [6.07, 6.45) is 3.80. The molecular formula is C17H16N2OS. The molecular weight excluding hydrogens is 280 g/mol. The van der Waals surface area contributed by atoms with E-state index >= 15 is 0 Å². The molecule has 0 aliphatic rings. The van der Waals surface area contributed by atoms with Crippen LogP contribution in [0.15, 0.2) is 65.8 Å². The smallest absolute Gasteiger partial charge is 0.127 e. The Labute approximate surface area is 129 Å². The molecule has 0 saturated heterocycles. The van der Waals surface area contributed by atoms with Crippen LogP contribution in [0.4, 0.5) is 0 Å². The minimum Gasteiger partial charge on any atom is -0.488 e. The Morgan fingerprint density at radius 1 is 1.14 bits per heavy atom. The molecule has 3 nitrogen and oxygen atoms in total. The Balaban J connectivity index is 1.88. The Bertz CT molecular complexity index is 738. The second-order valence-corrected chi connectivity index (χ2v) is 5.37. The van der Waals surface area contributed by atoms with Gasteiger partial charge < -0.3 is 4.74 Å². The highest BCUT2D eigenvalue weighted by Crippen LogP contribution is 2.32. The first-order valence-electron chi connectivity index (χ1n) is 6.71. The van der Waals surface area contributed by atoms with Gasteiger partial charge in [0, 0.05) is 29.3 Å². The lowest BCUT2D eigenvalue weighted by Gasteiger charge is -2.11. The number of hydrogen-bond acceptors (Lipinski definition) is 3. The summed E-state index contributed by atoms with van der Waals surface area (Å²) < 4.78 is 7.75. The van der Waals surface area contributed by atoms with Crippen molar-refractivity contribution in [3.8, 4) is 16.9 Å². The third-order valence-electron chi connectivity index (χ3n) is 3.22. The van der Waals surface area contributed by atoms with E-state index in [1.807, 2.05) is 55.8 Å². The first-order valence-corrected chi connectivity index (χ1v) is 7.16. The lowest BCUT2D eigenvalue weighted by molar-refractivity contribution is 0.307. The largest absolute Gasteiger partial charge is 0.488 e.